The normalized spacial score (nSPS) is 10.3. The first-order chi connectivity index (χ1) is 13.5. The lowest BCUT2D eigenvalue weighted by Crippen LogP contribution is -2.13. The molecule has 2 aromatic carbocycles. The van der Waals surface area contributed by atoms with Gasteiger partial charge in [-0.05, 0) is 35.7 Å². The predicted molar refractivity (Wildman–Crippen MR) is 104 cm³/mol. The van der Waals surface area contributed by atoms with Crippen molar-refractivity contribution in [1.82, 2.24) is 0 Å². The Morgan fingerprint density at radius 3 is 2.61 bits per heavy atom. The molecule has 0 amide bonds. The van der Waals surface area contributed by atoms with Crippen LogP contribution in [-0.2, 0) is 4.74 Å². The summed E-state index contributed by atoms with van der Waals surface area (Å²) in [6, 6.07) is 13.4. The fourth-order valence-corrected chi connectivity index (χ4v) is 3.13. The predicted octanol–water partition coefficient (Wildman–Crippen LogP) is 5.14. The molecule has 1 aromatic heterocycles. The molecule has 0 radical (unpaired) electrons. The summed E-state index contributed by atoms with van der Waals surface area (Å²) < 4.78 is 10.6. The van der Waals surface area contributed by atoms with Crippen molar-refractivity contribution in [3.63, 3.8) is 0 Å². The van der Waals surface area contributed by atoms with Gasteiger partial charge in [0.15, 0.2) is 6.61 Å². The highest BCUT2D eigenvalue weighted by molar-refractivity contribution is 7.12. The van der Waals surface area contributed by atoms with Gasteiger partial charge in [-0.1, -0.05) is 29.8 Å². The number of benzene rings is 2. The highest BCUT2D eigenvalue weighted by Gasteiger charge is 2.20. The molecule has 0 saturated heterocycles. The van der Waals surface area contributed by atoms with Crippen molar-refractivity contribution in [2.75, 3.05) is 6.61 Å². The fraction of sp³-hybridized carbons (Fsp3) is 0.0526. The first kappa shape index (κ1) is 19.5. The number of esters is 1. The molecule has 3 aromatic rings. The van der Waals surface area contributed by atoms with Crippen LogP contribution in [0, 0.1) is 10.1 Å². The lowest BCUT2D eigenvalue weighted by molar-refractivity contribution is -0.385. The number of ether oxygens (including phenoxy) is 2. The zero-order valence-electron chi connectivity index (χ0n) is 14.2. The maximum absolute atomic E-state index is 12.2. The Kier molecular flexibility index (Phi) is 6.03. The Labute approximate surface area is 168 Å². The second-order valence-electron chi connectivity index (χ2n) is 5.45. The van der Waals surface area contributed by atoms with Crippen LogP contribution in [0.25, 0.3) is 0 Å². The van der Waals surface area contributed by atoms with Gasteiger partial charge in [0.05, 0.1) is 20.4 Å². The third kappa shape index (κ3) is 4.54. The molecule has 0 unspecified atom stereocenters. The van der Waals surface area contributed by atoms with E-state index >= 15 is 0 Å². The third-order valence-corrected chi connectivity index (χ3v) is 4.77. The molecule has 0 fully saturated rings. The van der Waals surface area contributed by atoms with Gasteiger partial charge in [-0.15, -0.1) is 11.3 Å². The lowest BCUT2D eigenvalue weighted by atomic mass is 10.2. The van der Waals surface area contributed by atoms with Gasteiger partial charge in [0.1, 0.15) is 5.75 Å². The molecule has 3 rings (SSSR count). The molecule has 7 nitrogen and oxygen atoms in total. The van der Waals surface area contributed by atoms with E-state index in [9.17, 15) is 19.7 Å². The topological polar surface area (TPSA) is 95.7 Å². The van der Waals surface area contributed by atoms with Crippen molar-refractivity contribution in [3.8, 4) is 11.5 Å². The quantitative estimate of drug-likeness (QED) is 0.228. The summed E-state index contributed by atoms with van der Waals surface area (Å²) in [5, 5.41) is 13.0. The van der Waals surface area contributed by atoms with E-state index in [0.717, 1.165) is 0 Å². The van der Waals surface area contributed by atoms with Gasteiger partial charge in [-0.3, -0.25) is 14.9 Å². The van der Waals surface area contributed by atoms with Gasteiger partial charge >= 0.3 is 11.7 Å². The summed E-state index contributed by atoms with van der Waals surface area (Å²) in [7, 11) is 0. The number of nitro benzene ring substituents is 1. The SMILES string of the molecule is O=C(OCC(=O)c1cccs1)c1cccc(Oc2c(Cl)cccc2[N+](=O)[O-])c1. The van der Waals surface area contributed by atoms with Gasteiger partial charge < -0.3 is 9.47 Å². The van der Waals surface area contributed by atoms with E-state index in [1.807, 2.05) is 0 Å². The molecule has 0 spiro atoms. The smallest absolute Gasteiger partial charge is 0.338 e. The van der Waals surface area contributed by atoms with Crippen molar-refractivity contribution in [1.29, 1.82) is 0 Å². The van der Waals surface area contributed by atoms with Crippen molar-refractivity contribution < 1.29 is 24.0 Å². The van der Waals surface area contributed by atoms with E-state index in [0.29, 0.717) is 4.88 Å². The number of hydrogen-bond acceptors (Lipinski definition) is 7. The van der Waals surface area contributed by atoms with Crippen LogP contribution >= 0.6 is 22.9 Å². The van der Waals surface area contributed by atoms with Crippen LogP contribution in [0.3, 0.4) is 0 Å². The van der Waals surface area contributed by atoms with E-state index in [-0.39, 0.29) is 40.2 Å². The molecule has 0 N–H and O–H groups in total. The first-order valence-electron chi connectivity index (χ1n) is 7.90. The van der Waals surface area contributed by atoms with E-state index in [1.165, 1.54) is 53.8 Å². The maximum Gasteiger partial charge on any atom is 0.338 e. The van der Waals surface area contributed by atoms with Gasteiger partial charge in [-0.2, -0.15) is 0 Å². The number of nitrogens with zero attached hydrogens (tertiary/aromatic N) is 1. The Balaban J connectivity index is 1.73. The van der Waals surface area contributed by atoms with Crippen molar-refractivity contribution in [2.24, 2.45) is 0 Å². The van der Waals surface area contributed by atoms with Crippen LogP contribution in [-0.4, -0.2) is 23.3 Å². The summed E-state index contributed by atoms with van der Waals surface area (Å²) in [4.78, 5) is 35.2. The lowest BCUT2D eigenvalue weighted by Gasteiger charge is -2.09. The maximum atomic E-state index is 12.2. The van der Waals surface area contributed by atoms with Crippen molar-refractivity contribution >= 4 is 40.4 Å². The van der Waals surface area contributed by atoms with Crippen LogP contribution in [0.4, 0.5) is 5.69 Å². The Morgan fingerprint density at radius 1 is 1.11 bits per heavy atom. The second-order valence-corrected chi connectivity index (χ2v) is 6.81. The highest BCUT2D eigenvalue weighted by atomic mass is 35.5. The number of halogens is 1. The number of rotatable bonds is 7. The largest absolute Gasteiger partial charge is 0.454 e. The number of carbonyl (C=O) groups is 2. The van der Waals surface area contributed by atoms with Crippen LogP contribution in [0.1, 0.15) is 20.0 Å². The number of ketones is 1. The Bertz CT molecular complexity index is 1030. The summed E-state index contributed by atoms with van der Waals surface area (Å²) in [5.74, 6) is -0.991. The molecule has 0 atom stereocenters. The molecule has 9 heteroatoms. The second kappa shape index (κ2) is 8.64. The van der Waals surface area contributed by atoms with Crippen molar-refractivity contribution in [2.45, 2.75) is 0 Å². The first-order valence-corrected chi connectivity index (χ1v) is 9.16. The van der Waals surface area contributed by atoms with E-state index < -0.39 is 10.9 Å². The summed E-state index contributed by atoms with van der Waals surface area (Å²) >= 11 is 7.26. The minimum Gasteiger partial charge on any atom is -0.454 e. The Hall–Kier alpha value is -3.23. The monoisotopic (exact) mass is 417 g/mol. The highest BCUT2D eigenvalue weighted by Crippen LogP contribution is 2.37. The molecular weight excluding hydrogens is 406 g/mol. The zero-order chi connectivity index (χ0) is 20.1. The number of carbonyl (C=O) groups excluding carboxylic acids is 2. The molecule has 0 bridgehead atoms. The molecule has 28 heavy (non-hydrogen) atoms. The molecular formula is C19H12ClNO6S. The van der Waals surface area contributed by atoms with Gasteiger partial charge in [0.2, 0.25) is 11.5 Å². The average molecular weight is 418 g/mol. The average Bonchev–Trinajstić information content (AvgIpc) is 3.22. The standard InChI is InChI=1S/C19H12ClNO6S/c20-14-6-2-7-15(21(24)25)18(14)27-13-5-1-4-12(10-13)19(23)26-11-16(22)17-8-3-9-28-17/h1-10H,11H2. The van der Waals surface area contributed by atoms with Gasteiger partial charge in [-0.25, -0.2) is 4.79 Å². The molecule has 142 valence electrons. The van der Waals surface area contributed by atoms with E-state index in [4.69, 9.17) is 21.1 Å². The van der Waals surface area contributed by atoms with Crippen LogP contribution in [0.2, 0.25) is 5.02 Å². The molecule has 0 saturated carbocycles. The van der Waals surface area contributed by atoms with Crippen molar-refractivity contribution in [3.05, 3.63) is 85.6 Å². The van der Waals surface area contributed by atoms with E-state index in [1.54, 1.807) is 17.5 Å². The number of nitro groups is 1. The van der Waals surface area contributed by atoms with Gasteiger partial charge in [0, 0.05) is 6.07 Å². The number of para-hydroxylation sites is 1. The molecule has 0 aliphatic rings. The number of thiophene rings is 1. The minimum atomic E-state index is -0.719. The minimum absolute atomic E-state index is 0.0590. The Morgan fingerprint density at radius 2 is 1.89 bits per heavy atom. The van der Waals surface area contributed by atoms with Crippen LogP contribution in [0.5, 0.6) is 11.5 Å². The number of hydrogen-bond donors (Lipinski definition) is 0. The van der Waals surface area contributed by atoms with Gasteiger partial charge in [0.25, 0.3) is 0 Å². The molecule has 0 aliphatic carbocycles. The summed E-state index contributed by atoms with van der Waals surface area (Å²) in [5.41, 5.74) is -0.173. The molecule has 1 heterocycles. The number of Topliss-reactive ketones (excluding diaryl/α,β-unsaturated/α-hetero) is 1. The summed E-state index contributed by atoms with van der Waals surface area (Å²) in [6.07, 6.45) is 0. The van der Waals surface area contributed by atoms with E-state index in [2.05, 4.69) is 0 Å². The molecule has 0 aliphatic heterocycles. The zero-order valence-corrected chi connectivity index (χ0v) is 15.7. The summed E-state index contributed by atoms with van der Waals surface area (Å²) in [6.45, 7) is -0.388. The third-order valence-electron chi connectivity index (χ3n) is 3.56. The van der Waals surface area contributed by atoms with Crippen LogP contribution < -0.4 is 4.74 Å². The fourth-order valence-electron chi connectivity index (χ4n) is 2.27. The van der Waals surface area contributed by atoms with Crippen LogP contribution in [0.15, 0.2) is 60.0 Å².